The van der Waals surface area contributed by atoms with Crippen molar-refractivity contribution in [2.45, 2.75) is 25.4 Å². The molecule has 1 aromatic rings. The predicted octanol–water partition coefficient (Wildman–Crippen LogP) is 1.52. The van der Waals surface area contributed by atoms with E-state index in [9.17, 15) is 5.11 Å². The number of aliphatic hydroxyl groups excluding tert-OH is 1. The normalized spacial score (nSPS) is 19.1. The van der Waals surface area contributed by atoms with Gasteiger partial charge in [-0.1, -0.05) is 6.07 Å². The number of hydrogen-bond acceptors (Lipinski definition) is 5. The molecular formula is C16H24N2O3. The van der Waals surface area contributed by atoms with Crippen LogP contribution in [0.1, 0.15) is 30.9 Å². The zero-order valence-electron chi connectivity index (χ0n) is 12.4. The largest absolute Gasteiger partial charge is 0.454 e. The summed E-state index contributed by atoms with van der Waals surface area (Å²) in [5.41, 5.74) is 0.867. The third-order valence-corrected chi connectivity index (χ3v) is 4.15. The Labute approximate surface area is 125 Å². The van der Waals surface area contributed by atoms with E-state index in [0.29, 0.717) is 6.54 Å². The molecular weight excluding hydrogens is 268 g/mol. The SMILES string of the molecule is OC(CNCCCN1CCCC1)c1ccc2c(c1)OCO2. The summed E-state index contributed by atoms with van der Waals surface area (Å²) in [6.45, 7) is 5.44. The standard InChI is InChI=1S/C16H24N2O3/c19-14(11-17-6-3-9-18-7-1-2-8-18)13-4-5-15-16(10-13)21-12-20-15/h4-5,10,14,17,19H,1-3,6-9,11-12H2. The highest BCUT2D eigenvalue weighted by Gasteiger charge is 2.16. The highest BCUT2D eigenvalue weighted by atomic mass is 16.7. The van der Waals surface area contributed by atoms with E-state index in [0.717, 1.165) is 36.6 Å². The summed E-state index contributed by atoms with van der Waals surface area (Å²) in [5, 5.41) is 13.5. The first-order valence-electron chi connectivity index (χ1n) is 7.83. The molecule has 1 saturated heterocycles. The predicted molar refractivity (Wildman–Crippen MR) is 80.7 cm³/mol. The van der Waals surface area contributed by atoms with E-state index in [-0.39, 0.29) is 6.79 Å². The maximum Gasteiger partial charge on any atom is 0.231 e. The van der Waals surface area contributed by atoms with Crippen molar-refractivity contribution in [2.24, 2.45) is 0 Å². The number of hydrogen-bond donors (Lipinski definition) is 2. The first-order chi connectivity index (χ1) is 10.3. The summed E-state index contributed by atoms with van der Waals surface area (Å²) >= 11 is 0. The maximum atomic E-state index is 10.2. The molecule has 0 aromatic heterocycles. The van der Waals surface area contributed by atoms with Crippen LogP contribution in [0.4, 0.5) is 0 Å². The van der Waals surface area contributed by atoms with Gasteiger partial charge in [0.15, 0.2) is 11.5 Å². The zero-order chi connectivity index (χ0) is 14.5. The highest BCUT2D eigenvalue weighted by Crippen LogP contribution is 2.34. The molecule has 0 aliphatic carbocycles. The molecule has 5 nitrogen and oxygen atoms in total. The molecule has 21 heavy (non-hydrogen) atoms. The van der Waals surface area contributed by atoms with Crippen LogP contribution in [-0.4, -0.2) is 49.5 Å². The second-order valence-electron chi connectivity index (χ2n) is 5.73. The number of rotatable bonds is 7. The van der Waals surface area contributed by atoms with Crippen molar-refractivity contribution in [3.63, 3.8) is 0 Å². The fourth-order valence-corrected chi connectivity index (χ4v) is 2.91. The van der Waals surface area contributed by atoms with Crippen LogP contribution in [0, 0.1) is 0 Å². The molecule has 1 atom stereocenters. The lowest BCUT2D eigenvalue weighted by molar-refractivity contribution is 0.170. The second kappa shape index (κ2) is 7.11. The average molecular weight is 292 g/mol. The summed E-state index contributed by atoms with van der Waals surface area (Å²) in [7, 11) is 0. The molecule has 2 aliphatic heterocycles. The minimum absolute atomic E-state index is 0.267. The molecule has 5 heteroatoms. The zero-order valence-corrected chi connectivity index (χ0v) is 12.4. The van der Waals surface area contributed by atoms with E-state index in [1.54, 1.807) is 0 Å². The summed E-state index contributed by atoms with van der Waals surface area (Å²) in [6, 6.07) is 5.61. The van der Waals surface area contributed by atoms with Crippen LogP contribution in [0.2, 0.25) is 0 Å². The van der Waals surface area contributed by atoms with Gasteiger partial charge in [-0.3, -0.25) is 0 Å². The van der Waals surface area contributed by atoms with E-state index in [2.05, 4.69) is 10.2 Å². The Morgan fingerprint density at radius 1 is 1.19 bits per heavy atom. The molecule has 0 saturated carbocycles. The lowest BCUT2D eigenvalue weighted by atomic mass is 10.1. The van der Waals surface area contributed by atoms with Gasteiger partial charge in [0.2, 0.25) is 6.79 Å². The number of ether oxygens (including phenoxy) is 2. The van der Waals surface area contributed by atoms with Gasteiger partial charge in [-0.2, -0.15) is 0 Å². The lowest BCUT2D eigenvalue weighted by Crippen LogP contribution is -2.27. The van der Waals surface area contributed by atoms with Gasteiger partial charge >= 0.3 is 0 Å². The quantitative estimate of drug-likeness (QED) is 0.746. The summed E-state index contributed by atoms with van der Waals surface area (Å²) in [4.78, 5) is 2.51. The fourth-order valence-electron chi connectivity index (χ4n) is 2.91. The number of nitrogens with one attached hydrogen (secondary N) is 1. The molecule has 116 valence electrons. The van der Waals surface area contributed by atoms with Crippen molar-refractivity contribution in [2.75, 3.05) is 39.5 Å². The summed E-state index contributed by atoms with van der Waals surface area (Å²) in [5.74, 6) is 1.48. The topological polar surface area (TPSA) is 54.0 Å². The Bertz CT molecular complexity index is 461. The van der Waals surface area contributed by atoms with Crippen LogP contribution in [0.3, 0.4) is 0 Å². The van der Waals surface area contributed by atoms with Gasteiger partial charge in [-0.15, -0.1) is 0 Å². The van der Waals surface area contributed by atoms with E-state index in [4.69, 9.17) is 9.47 Å². The van der Waals surface area contributed by atoms with Gasteiger partial charge in [-0.05, 0) is 63.1 Å². The average Bonchev–Trinajstić information content (AvgIpc) is 3.17. The maximum absolute atomic E-state index is 10.2. The van der Waals surface area contributed by atoms with Crippen molar-refractivity contribution in [1.29, 1.82) is 0 Å². The number of benzene rings is 1. The van der Waals surface area contributed by atoms with Crippen LogP contribution in [0.5, 0.6) is 11.5 Å². The van der Waals surface area contributed by atoms with Crippen LogP contribution in [0.25, 0.3) is 0 Å². The third kappa shape index (κ3) is 3.87. The monoisotopic (exact) mass is 292 g/mol. The van der Waals surface area contributed by atoms with E-state index in [1.165, 1.54) is 25.9 Å². The van der Waals surface area contributed by atoms with E-state index < -0.39 is 6.10 Å². The van der Waals surface area contributed by atoms with Gasteiger partial charge in [0.05, 0.1) is 6.10 Å². The molecule has 0 bridgehead atoms. The third-order valence-electron chi connectivity index (χ3n) is 4.15. The van der Waals surface area contributed by atoms with Gasteiger partial charge < -0.3 is 24.8 Å². The second-order valence-corrected chi connectivity index (χ2v) is 5.73. The summed E-state index contributed by atoms with van der Waals surface area (Å²) in [6.07, 6.45) is 3.31. The molecule has 2 N–H and O–H groups in total. The minimum Gasteiger partial charge on any atom is -0.454 e. The van der Waals surface area contributed by atoms with Crippen LogP contribution < -0.4 is 14.8 Å². The van der Waals surface area contributed by atoms with Crippen LogP contribution in [0.15, 0.2) is 18.2 Å². The fraction of sp³-hybridized carbons (Fsp3) is 0.625. The first kappa shape index (κ1) is 14.6. The Balaban J connectivity index is 1.36. The summed E-state index contributed by atoms with van der Waals surface area (Å²) < 4.78 is 10.6. The lowest BCUT2D eigenvalue weighted by Gasteiger charge is -2.16. The van der Waals surface area contributed by atoms with Crippen molar-refractivity contribution >= 4 is 0 Å². The molecule has 3 rings (SSSR count). The Hall–Kier alpha value is -1.30. The molecule has 1 unspecified atom stereocenters. The van der Waals surface area contributed by atoms with E-state index in [1.807, 2.05) is 18.2 Å². The Morgan fingerprint density at radius 2 is 2.00 bits per heavy atom. The molecule has 1 aromatic carbocycles. The minimum atomic E-state index is -0.508. The molecule has 2 aliphatic rings. The molecule has 0 radical (unpaired) electrons. The van der Waals surface area contributed by atoms with Crippen molar-refractivity contribution in [3.05, 3.63) is 23.8 Å². The van der Waals surface area contributed by atoms with Crippen molar-refractivity contribution in [1.82, 2.24) is 10.2 Å². The van der Waals surface area contributed by atoms with Crippen molar-refractivity contribution in [3.8, 4) is 11.5 Å². The number of nitrogens with zero attached hydrogens (tertiary/aromatic N) is 1. The smallest absolute Gasteiger partial charge is 0.231 e. The van der Waals surface area contributed by atoms with Crippen molar-refractivity contribution < 1.29 is 14.6 Å². The van der Waals surface area contributed by atoms with Crippen LogP contribution >= 0.6 is 0 Å². The van der Waals surface area contributed by atoms with Gasteiger partial charge in [0.1, 0.15) is 0 Å². The Kier molecular flexibility index (Phi) is 4.95. The molecule has 1 fully saturated rings. The number of likely N-dealkylation sites (tertiary alicyclic amines) is 1. The van der Waals surface area contributed by atoms with Crippen LogP contribution in [-0.2, 0) is 0 Å². The van der Waals surface area contributed by atoms with E-state index >= 15 is 0 Å². The van der Waals surface area contributed by atoms with Gasteiger partial charge in [0, 0.05) is 6.54 Å². The highest BCUT2D eigenvalue weighted by molar-refractivity contribution is 5.45. The van der Waals surface area contributed by atoms with Gasteiger partial charge in [-0.25, -0.2) is 0 Å². The number of aliphatic hydroxyl groups is 1. The number of fused-ring (bicyclic) bond motifs is 1. The first-order valence-corrected chi connectivity index (χ1v) is 7.83. The molecule has 0 amide bonds. The molecule has 2 heterocycles. The molecule has 0 spiro atoms. The van der Waals surface area contributed by atoms with Gasteiger partial charge in [0.25, 0.3) is 0 Å². The Morgan fingerprint density at radius 3 is 2.86 bits per heavy atom.